The number of carbonyl (C=O) groups excluding carboxylic acids is 1. The number of nitrogens with zero attached hydrogens (tertiary/aromatic N) is 4. The van der Waals surface area contributed by atoms with Crippen LogP contribution in [0.3, 0.4) is 0 Å². The maximum Gasteiger partial charge on any atom is 0.415 e. The Morgan fingerprint density at radius 3 is 2.51 bits per heavy atom. The van der Waals surface area contributed by atoms with Crippen LogP contribution in [0.4, 0.5) is 10.5 Å². The van der Waals surface area contributed by atoms with Gasteiger partial charge in [0.2, 0.25) is 0 Å². The lowest BCUT2D eigenvalue weighted by Gasteiger charge is -2.37. The number of ether oxygens (including phenoxy) is 2. The summed E-state index contributed by atoms with van der Waals surface area (Å²) in [4.78, 5) is 27.9. The number of aromatic nitrogens is 2. The van der Waals surface area contributed by atoms with Crippen molar-refractivity contribution in [2.45, 2.75) is 71.9 Å². The summed E-state index contributed by atoms with van der Waals surface area (Å²) in [5.41, 5.74) is 3.35. The van der Waals surface area contributed by atoms with Crippen LogP contribution in [0.2, 0.25) is 0 Å². The van der Waals surface area contributed by atoms with Gasteiger partial charge < -0.3 is 14.6 Å². The van der Waals surface area contributed by atoms with E-state index in [4.69, 9.17) is 19.7 Å². The van der Waals surface area contributed by atoms with E-state index in [2.05, 4.69) is 30.3 Å². The van der Waals surface area contributed by atoms with E-state index in [9.17, 15) is 9.59 Å². The van der Waals surface area contributed by atoms with Crippen molar-refractivity contribution in [2.24, 2.45) is 0 Å². The van der Waals surface area contributed by atoms with Gasteiger partial charge in [-0.15, -0.1) is 6.58 Å². The zero-order valence-corrected chi connectivity index (χ0v) is 26.1. The lowest BCUT2D eigenvalue weighted by molar-refractivity contribution is -0.00102. The van der Waals surface area contributed by atoms with Gasteiger partial charge in [-0.1, -0.05) is 32.6 Å². The summed E-state index contributed by atoms with van der Waals surface area (Å²) in [6, 6.07) is 6.33. The molecule has 2 aliphatic rings. The predicted octanol–water partition coefficient (Wildman–Crippen LogP) is 7.07. The predicted molar refractivity (Wildman–Crippen MR) is 171 cm³/mol. The molecular weight excluding hydrogens is 544 g/mol. The van der Waals surface area contributed by atoms with Gasteiger partial charge in [0.05, 0.1) is 24.4 Å². The van der Waals surface area contributed by atoms with Crippen molar-refractivity contribution >= 4 is 23.4 Å². The van der Waals surface area contributed by atoms with Crippen molar-refractivity contribution in [1.82, 2.24) is 14.7 Å². The van der Waals surface area contributed by atoms with Crippen LogP contribution in [-0.2, 0) is 22.4 Å². The monoisotopic (exact) mass is 590 g/mol. The van der Waals surface area contributed by atoms with E-state index in [1.807, 2.05) is 50.6 Å². The number of aromatic carboxylic acids is 1. The Kier molecular flexibility index (Phi) is 12.4. The molecule has 0 aliphatic carbocycles. The van der Waals surface area contributed by atoms with Crippen LogP contribution in [0.1, 0.15) is 75.0 Å². The third-order valence-electron chi connectivity index (χ3n) is 7.58. The van der Waals surface area contributed by atoms with Gasteiger partial charge in [-0.3, -0.25) is 9.80 Å². The molecule has 3 heterocycles. The standard InChI is InChI=1S/C32H40N4O5.C2H6/c1-5-8-10-24(4)36-22-26(29(33-36)12-9-11-28(6-2)40-7-3)21-34-19-17-32(18-20-34)23-35(31(39)41-32)27-15-13-25(14-16-27)30(37)38;1-2/h5-6,9,11,13-16,22H,1,4,7-8,10,12,17-21,23H2,2-3H3,(H,37,38);1-2H3/b11-9-,28-6+;. The molecule has 1 N–H and O–H groups in total. The molecular formula is C34H46N4O5. The number of carbonyl (C=O) groups is 2. The number of amides is 1. The first-order valence-corrected chi connectivity index (χ1v) is 15.2. The van der Waals surface area contributed by atoms with Crippen molar-refractivity contribution in [3.05, 3.63) is 90.5 Å². The number of carboxylic acids is 1. The molecule has 232 valence electrons. The maximum atomic E-state index is 12.8. The Labute approximate surface area is 255 Å². The molecule has 0 unspecified atom stereocenters. The number of anilines is 1. The lowest BCUT2D eigenvalue weighted by atomic mass is 9.91. The van der Waals surface area contributed by atoms with Crippen LogP contribution in [-0.4, -0.2) is 63.7 Å². The number of likely N-dealkylation sites (tertiary alicyclic amines) is 1. The molecule has 1 aromatic carbocycles. The first-order chi connectivity index (χ1) is 20.8. The van der Waals surface area contributed by atoms with Crippen LogP contribution in [0.5, 0.6) is 0 Å². The largest absolute Gasteiger partial charge is 0.494 e. The number of hydrogen-bond donors (Lipinski definition) is 1. The Bertz CT molecular complexity index is 1320. The minimum Gasteiger partial charge on any atom is -0.494 e. The quantitative estimate of drug-likeness (QED) is 0.151. The highest BCUT2D eigenvalue weighted by Crippen LogP contribution is 2.36. The van der Waals surface area contributed by atoms with Crippen molar-refractivity contribution in [3.63, 3.8) is 0 Å². The molecule has 1 spiro atoms. The van der Waals surface area contributed by atoms with Crippen molar-refractivity contribution in [2.75, 3.05) is 31.1 Å². The highest BCUT2D eigenvalue weighted by Gasteiger charge is 2.47. The summed E-state index contributed by atoms with van der Waals surface area (Å²) in [5.74, 6) is -0.161. The maximum absolute atomic E-state index is 12.8. The number of allylic oxidation sites excluding steroid dienone is 5. The average molecular weight is 591 g/mol. The fraction of sp³-hybridized carbons (Fsp3) is 0.441. The number of carboxylic acid groups (broad SMARTS) is 1. The van der Waals surface area contributed by atoms with E-state index >= 15 is 0 Å². The summed E-state index contributed by atoms with van der Waals surface area (Å²) >= 11 is 0. The van der Waals surface area contributed by atoms with Gasteiger partial charge in [0.25, 0.3) is 0 Å². The third kappa shape index (κ3) is 8.70. The molecule has 1 aromatic heterocycles. The van der Waals surface area contributed by atoms with Crippen molar-refractivity contribution in [1.29, 1.82) is 0 Å². The molecule has 2 aromatic rings. The Hall–Kier alpha value is -4.11. The van der Waals surface area contributed by atoms with E-state index in [0.29, 0.717) is 25.3 Å². The summed E-state index contributed by atoms with van der Waals surface area (Å²) in [6.45, 7) is 19.3. The topological polar surface area (TPSA) is 97.1 Å². The third-order valence-corrected chi connectivity index (χ3v) is 7.58. The molecule has 0 bridgehead atoms. The zero-order chi connectivity index (χ0) is 31.4. The highest BCUT2D eigenvalue weighted by molar-refractivity contribution is 5.92. The van der Waals surface area contributed by atoms with Gasteiger partial charge in [-0.2, -0.15) is 5.10 Å². The first-order valence-electron chi connectivity index (χ1n) is 15.2. The summed E-state index contributed by atoms with van der Waals surface area (Å²) in [6.07, 6.45) is 13.3. The first kappa shape index (κ1) is 33.4. The number of benzene rings is 1. The van der Waals surface area contributed by atoms with Gasteiger partial charge in [-0.05, 0) is 63.1 Å². The van der Waals surface area contributed by atoms with Crippen LogP contribution in [0.15, 0.2) is 73.7 Å². The van der Waals surface area contributed by atoms with Crippen LogP contribution < -0.4 is 4.90 Å². The van der Waals surface area contributed by atoms with Crippen LogP contribution in [0, 0.1) is 0 Å². The van der Waals surface area contributed by atoms with E-state index < -0.39 is 11.6 Å². The van der Waals surface area contributed by atoms with Crippen LogP contribution >= 0.6 is 0 Å². The fourth-order valence-corrected chi connectivity index (χ4v) is 5.20. The second kappa shape index (κ2) is 15.9. The molecule has 2 aliphatic heterocycles. The summed E-state index contributed by atoms with van der Waals surface area (Å²) < 4.78 is 13.4. The summed E-state index contributed by atoms with van der Waals surface area (Å²) in [5, 5.41) is 14.0. The SMILES string of the molecule is C=CCCC(=C)n1cc(CN2CCC3(CC2)CN(c2ccc(C(=O)O)cc2)C(=O)O3)c(C/C=C\C(=C/C)OCC)n1.CC. The number of piperidine rings is 1. The van der Waals surface area contributed by atoms with Gasteiger partial charge in [-0.25, -0.2) is 14.3 Å². The molecule has 0 radical (unpaired) electrons. The van der Waals surface area contributed by atoms with Crippen molar-refractivity contribution < 1.29 is 24.2 Å². The molecule has 1 amide bonds. The van der Waals surface area contributed by atoms with E-state index in [-0.39, 0.29) is 11.7 Å². The smallest absolute Gasteiger partial charge is 0.415 e. The van der Waals surface area contributed by atoms with Gasteiger partial charge in [0.15, 0.2) is 0 Å². The minimum atomic E-state index is -0.997. The molecule has 9 nitrogen and oxygen atoms in total. The highest BCUT2D eigenvalue weighted by atomic mass is 16.6. The van der Waals surface area contributed by atoms with Crippen molar-refractivity contribution in [3.8, 4) is 0 Å². The van der Waals surface area contributed by atoms with Gasteiger partial charge >= 0.3 is 12.1 Å². The van der Waals surface area contributed by atoms with E-state index in [1.165, 1.54) is 12.1 Å². The zero-order valence-electron chi connectivity index (χ0n) is 26.1. The van der Waals surface area contributed by atoms with Crippen LogP contribution in [0.25, 0.3) is 5.70 Å². The fourth-order valence-electron chi connectivity index (χ4n) is 5.20. The normalized spacial score (nSPS) is 16.6. The Balaban J connectivity index is 0.00000248. The molecule has 0 saturated carbocycles. The second-order valence-electron chi connectivity index (χ2n) is 10.4. The minimum absolute atomic E-state index is 0.184. The summed E-state index contributed by atoms with van der Waals surface area (Å²) in [7, 11) is 0. The molecule has 0 atom stereocenters. The Morgan fingerprint density at radius 1 is 1.21 bits per heavy atom. The Morgan fingerprint density at radius 2 is 1.91 bits per heavy atom. The lowest BCUT2D eigenvalue weighted by Crippen LogP contribution is -2.46. The molecule has 9 heteroatoms. The van der Waals surface area contributed by atoms with E-state index in [1.54, 1.807) is 17.0 Å². The molecule has 2 saturated heterocycles. The molecule has 43 heavy (non-hydrogen) atoms. The molecule has 2 fully saturated rings. The number of hydrogen-bond acceptors (Lipinski definition) is 6. The molecule has 4 rings (SSSR count). The van der Waals surface area contributed by atoms with Gasteiger partial charge in [0, 0.05) is 62.0 Å². The second-order valence-corrected chi connectivity index (χ2v) is 10.4. The van der Waals surface area contributed by atoms with E-state index in [0.717, 1.165) is 68.0 Å². The number of rotatable bonds is 13. The average Bonchev–Trinajstić information content (AvgIpc) is 3.57. The van der Waals surface area contributed by atoms with Gasteiger partial charge in [0.1, 0.15) is 11.4 Å².